The fourth-order valence-electron chi connectivity index (χ4n) is 2.13. The summed E-state index contributed by atoms with van der Waals surface area (Å²) < 4.78 is 1.43. The van der Waals surface area contributed by atoms with Crippen LogP contribution >= 0.6 is 0 Å². The number of H-pyrrole nitrogens is 1. The number of para-hydroxylation sites is 2. The van der Waals surface area contributed by atoms with Crippen molar-refractivity contribution in [3.8, 4) is 0 Å². The predicted molar refractivity (Wildman–Crippen MR) is 83.6 cm³/mol. The molecule has 0 amide bonds. The van der Waals surface area contributed by atoms with Crippen molar-refractivity contribution in [1.29, 1.82) is 0 Å². The Kier molecular flexibility index (Phi) is 3.02. The number of hydrogen-bond donors (Lipinski definition) is 4. The molecule has 2 heterocycles. The van der Waals surface area contributed by atoms with Gasteiger partial charge in [-0.05, 0) is 18.6 Å². The fraction of sp³-hybridized carbons (Fsp3) is 0.143. The van der Waals surface area contributed by atoms with Gasteiger partial charge in [0.1, 0.15) is 11.5 Å². The molecule has 0 radical (unpaired) electrons. The van der Waals surface area contributed by atoms with Crippen molar-refractivity contribution >= 4 is 28.4 Å². The second-order valence-corrected chi connectivity index (χ2v) is 4.73. The molecule has 7 N–H and O–H groups in total. The van der Waals surface area contributed by atoms with E-state index in [1.165, 1.54) is 4.68 Å². The number of anilines is 1. The van der Waals surface area contributed by atoms with Crippen molar-refractivity contribution in [3.05, 3.63) is 41.9 Å². The summed E-state index contributed by atoms with van der Waals surface area (Å²) in [5.41, 5.74) is 21.0. The van der Waals surface area contributed by atoms with Crippen LogP contribution in [0.1, 0.15) is 18.4 Å². The van der Waals surface area contributed by atoms with Gasteiger partial charge in [-0.1, -0.05) is 19.1 Å². The van der Waals surface area contributed by atoms with E-state index >= 15 is 0 Å². The smallest absolute Gasteiger partial charge is 0.158 e. The highest BCUT2D eigenvalue weighted by atomic mass is 15.4. The van der Waals surface area contributed by atoms with E-state index in [0.717, 1.165) is 23.1 Å². The molecule has 21 heavy (non-hydrogen) atoms. The highest BCUT2D eigenvalue weighted by molar-refractivity contribution is 5.83. The van der Waals surface area contributed by atoms with Crippen molar-refractivity contribution in [2.75, 3.05) is 5.73 Å². The average Bonchev–Trinajstić information content (AvgIpc) is 3.08. The Morgan fingerprint density at radius 3 is 2.71 bits per heavy atom. The number of hydrogen-bond acceptors (Lipinski definition) is 5. The first kappa shape index (κ1) is 13.0. The lowest BCUT2D eigenvalue weighted by molar-refractivity contribution is 0.853. The molecule has 0 fully saturated rings. The SMILES string of the molecule is CCc1cc(N)n(/C(N)=C(\N)c2nc3ccccc3[nH]2)n1. The molecule has 0 spiro atoms. The minimum atomic E-state index is 0.256. The number of fused-ring (bicyclic) bond motifs is 1. The number of benzene rings is 1. The van der Waals surface area contributed by atoms with Crippen LogP contribution in [0.3, 0.4) is 0 Å². The quantitative estimate of drug-likeness (QED) is 0.573. The molecule has 3 aromatic rings. The Morgan fingerprint density at radius 2 is 2.05 bits per heavy atom. The van der Waals surface area contributed by atoms with E-state index in [9.17, 15) is 0 Å². The van der Waals surface area contributed by atoms with Crippen LogP contribution in [0.4, 0.5) is 5.82 Å². The summed E-state index contributed by atoms with van der Waals surface area (Å²) in [6.45, 7) is 1.99. The Balaban J connectivity index is 2.09. The number of nitrogens with two attached hydrogens (primary N) is 3. The van der Waals surface area contributed by atoms with E-state index in [1.807, 2.05) is 31.2 Å². The van der Waals surface area contributed by atoms with Crippen LogP contribution in [0.5, 0.6) is 0 Å². The minimum absolute atomic E-state index is 0.256. The summed E-state index contributed by atoms with van der Waals surface area (Å²) in [5.74, 6) is 1.20. The fourth-order valence-corrected chi connectivity index (χ4v) is 2.13. The summed E-state index contributed by atoms with van der Waals surface area (Å²) in [6, 6.07) is 9.43. The maximum absolute atomic E-state index is 6.10. The number of nitrogen functional groups attached to an aromatic ring is 1. The van der Waals surface area contributed by atoms with Crippen molar-refractivity contribution in [2.45, 2.75) is 13.3 Å². The number of nitrogens with zero attached hydrogens (tertiary/aromatic N) is 3. The molecule has 7 nitrogen and oxygen atoms in total. The first-order valence-corrected chi connectivity index (χ1v) is 6.65. The van der Waals surface area contributed by atoms with Gasteiger partial charge >= 0.3 is 0 Å². The minimum Gasteiger partial charge on any atom is -0.393 e. The molecule has 108 valence electrons. The first-order valence-electron chi connectivity index (χ1n) is 6.65. The van der Waals surface area contributed by atoms with Crippen LogP contribution in [0, 0.1) is 0 Å². The second-order valence-electron chi connectivity index (χ2n) is 4.73. The molecule has 0 aliphatic rings. The molecular weight excluding hydrogens is 266 g/mol. The topological polar surface area (TPSA) is 125 Å². The van der Waals surface area contributed by atoms with E-state index in [2.05, 4.69) is 15.1 Å². The van der Waals surface area contributed by atoms with Gasteiger partial charge in [0.05, 0.1) is 16.7 Å². The molecule has 2 aromatic heterocycles. The number of aromatic amines is 1. The zero-order chi connectivity index (χ0) is 15.0. The van der Waals surface area contributed by atoms with Crippen LogP contribution in [0.2, 0.25) is 0 Å². The van der Waals surface area contributed by atoms with Gasteiger partial charge in [-0.15, -0.1) is 0 Å². The van der Waals surface area contributed by atoms with Gasteiger partial charge in [-0.25, -0.2) is 4.98 Å². The van der Waals surface area contributed by atoms with Crippen LogP contribution in [0.25, 0.3) is 22.6 Å². The van der Waals surface area contributed by atoms with Crippen molar-refractivity contribution in [1.82, 2.24) is 19.7 Å². The molecule has 0 saturated carbocycles. The zero-order valence-corrected chi connectivity index (χ0v) is 11.7. The lowest BCUT2D eigenvalue weighted by Gasteiger charge is -2.07. The Bertz CT molecular complexity index is 792. The highest BCUT2D eigenvalue weighted by Crippen LogP contribution is 2.18. The maximum atomic E-state index is 6.10. The summed E-state index contributed by atoms with van der Waals surface area (Å²) in [4.78, 5) is 7.55. The van der Waals surface area contributed by atoms with E-state index < -0.39 is 0 Å². The predicted octanol–water partition coefficient (Wildman–Crippen LogP) is 1.10. The van der Waals surface area contributed by atoms with E-state index in [0.29, 0.717) is 17.3 Å². The normalized spacial score (nSPS) is 12.6. The van der Waals surface area contributed by atoms with Gasteiger partial charge in [0.25, 0.3) is 0 Å². The van der Waals surface area contributed by atoms with Gasteiger partial charge in [0.2, 0.25) is 0 Å². The molecule has 0 unspecified atom stereocenters. The summed E-state index contributed by atoms with van der Waals surface area (Å²) in [6.07, 6.45) is 0.773. The van der Waals surface area contributed by atoms with Crippen molar-refractivity contribution in [2.24, 2.45) is 11.5 Å². The summed E-state index contributed by atoms with van der Waals surface area (Å²) in [7, 11) is 0. The van der Waals surface area contributed by atoms with Crippen LogP contribution < -0.4 is 17.2 Å². The van der Waals surface area contributed by atoms with Crippen molar-refractivity contribution < 1.29 is 0 Å². The third kappa shape index (κ3) is 2.18. The van der Waals surface area contributed by atoms with E-state index in [-0.39, 0.29) is 5.82 Å². The number of aryl methyl sites for hydroxylation is 1. The lowest BCUT2D eigenvalue weighted by Crippen LogP contribution is -2.17. The Labute approximate surface area is 121 Å². The first-order chi connectivity index (χ1) is 10.1. The molecule has 0 saturated heterocycles. The zero-order valence-electron chi connectivity index (χ0n) is 11.7. The molecule has 1 aromatic carbocycles. The van der Waals surface area contributed by atoms with Crippen LogP contribution in [-0.2, 0) is 6.42 Å². The maximum Gasteiger partial charge on any atom is 0.158 e. The van der Waals surface area contributed by atoms with Crippen LogP contribution in [-0.4, -0.2) is 19.7 Å². The molecular formula is C14H17N7. The average molecular weight is 283 g/mol. The van der Waals surface area contributed by atoms with E-state index in [1.54, 1.807) is 6.07 Å². The molecule has 7 heteroatoms. The number of imidazole rings is 1. The monoisotopic (exact) mass is 283 g/mol. The summed E-state index contributed by atoms with van der Waals surface area (Å²) in [5, 5.41) is 4.32. The number of rotatable bonds is 3. The molecule has 0 atom stereocenters. The van der Waals surface area contributed by atoms with Gasteiger partial charge in [-0.3, -0.25) is 0 Å². The molecule has 0 aliphatic carbocycles. The highest BCUT2D eigenvalue weighted by Gasteiger charge is 2.13. The van der Waals surface area contributed by atoms with Gasteiger partial charge < -0.3 is 22.2 Å². The lowest BCUT2D eigenvalue weighted by atomic mass is 10.3. The van der Waals surface area contributed by atoms with Crippen LogP contribution in [0.15, 0.2) is 30.3 Å². The number of nitrogens with one attached hydrogen (secondary N) is 1. The molecule has 0 bridgehead atoms. The number of aromatic nitrogens is 4. The van der Waals surface area contributed by atoms with Crippen molar-refractivity contribution in [3.63, 3.8) is 0 Å². The Hall–Kier alpha value is -2.96. The largest absolute Gasteiger partial charge is 0.393 e. The van der Waals surface area contributed by atoms with Gasteiger partial charge in [0.15, 0.2) is 11.6 Å². The van der Waals surface area contributed by atoms with Gasteiger partial charge in [0, 0.05) is 6.07 Å². The Morgan fingerprint density at radius 1 is 1.29 bits per heavy atom. The van der Waals surface area contributed by atoms with E-state index in [4.69, 9.17) is 17.2 Å². The second kappa shape index (κ2) is 4.86. The standard InChI is InChI=1S/C14H17N7/c1-2-8-7-11(15)21(20-8)13(17)12(16)14-18-9-5-3-4-6-10(9)19-14/h3-7H,2,15-17H2,1H3,(H,18,19)/b13-12-. The third-order valence-corrected chi connectivity index (χ3v) is 3.30. The molecule has 0 aliphatic heterocycles. The third-order valence-electron chi connectivity index (χ3n) is 3.30. The van der Waals surface area contributed by atoms with Gasteiger partial charge in [-0.2, -0.15) is 9.78 Å². The summed E-state index contributed by atoms with van der Waals surface area (Å²) >= 11 is 0. The molecule has 3 rings (SSSR count).